The Bertz CT molecular complexity index is 1190. The lowest BCUT2D eigenvalue weighted by molar-refractivity contribution is -0.131. The number of amides is 2. The highest BCUT2D eigenvalue weighted by Crippen LogP contribution is 2.18. The van der Waals surface area contributed by atoms with Gasteiger partial charge in [-0.3, -0.25) is 14.4 Å². The van der Waals surface area contributed by atoms with Gasteiger partial charge < -0.3 is 14.8 Å². The maximum Gasteiger partial charge on any atom is 0.257 e. The van der Waals surface area contributed by atoms with Gasteiger partial charge in [-0.1, -0.05) is 29.8 Å². The average Bonchev–Trinajstić information content (AvgIpc) is 2.75. The van der Waals surface area contributed by atoms with Crippen LogP contribution in [0.4, 0.5) is 4.39 Å². The number of nitrogens with one attached hydrogen (secondary N) is 1. The van der Waals surface area contributed by atoms with E-state index in [0.29, 0.717) is 18.7 Å². The normalized spacial score (nSPS) is 14.2. The second kappa shape index (κ2) is 8.28. The molecule has 2 aromatic carbocycles. The van der Waals surface area contributed by atoms with E-state index in [2.05, 4.69) is 4.98 Å². The summed E-state index contributed by atoms with van der Waals surface area (Å²) in [6, 6.07) is 13.0. The van der Waals surface area contributed by atoms with Crippen molar-refractivity contribution in [1.82, 2.24) is 14.8 Å². The second-order valence-electron chi connectivity index (χ2n) is 7.18. The third-order valence-corrected chi connectivity index (χ3v) is 5.49. The molecular weight excluding hydrogens is 409 g/mol. The van der Waals surface area contributed by atoms with E-state index >= 15 is 0 Å². The zero-order valence-corrected chi connectivity index (χ0v) is 16.8. The number of aromatic nitrogens is 1. The first-order valence-electron chi connectivity index (χ1n) is 9.55. The second-order valence-corrected chi connectivity index (χ2v) is 7.62. The highest BCUT2D eigenvalue weighted by Gasteiger charge is 2.26. The fraction of sp³-hybridized carbons (Fsp3) is 0.227. The first-order chi connectivity index (χ1) is 14.4. The maximum atomic E-state index is 14.0. The third-order valence-electron chi connectivity index (χ3n) is 5.25. The van der Waals surface area contributed by atoms with Crippen LogP contribution in [0.1, 0.15) is 15.9 Å². The van der Waals surface area contributed by atoms with Gasteiger partial charge >= 0.3 is 0 Å². The first-order valence-corrected chi connectivity index (χ1v) is 9.93. The summed E-state index contributed by atoms with van der Waals surface area (Å²) in [5.74, 6) is -1.26. The number of benzene rings is 2. The molecule has 6 nitrogen and oxygen atoms in total. The predicted octanol–water partition coefficient (Wildman–Crippen LogP) is 2.85. The van der Waals surface area contributed by atoms with Crippen molar-refractivity contribution in [3.8, 4) is 0 Å². The number of H-pyrrole nitrogens is 1. The zero-order valence-electron chi connectivity index (χ0n) is 16.0. The lowest BCUT2D eigenvalue weighted by Crippen LogP contribution is -2.51. The van der Waals surface area contributed by atoms with Crippen LogP contribution in [0.15, 0.2) is 53.3 Å². The van der Waals surface area contributed by atoms with E-state index in [-0.39, 0.29) is 41.6 Å². The number of hydrogen-bond acceptors (Lipinski definition) is 3. The molecule has 0 aliphatic carbocycles. The van der Waals surface area contributed by atoms with E-state index in [1.807, 2.05) is 18.2 Å². The highest BCUT2D eigenvalue weighted by molar-refractivity contribution is 6.31. The van der Waals surface area contributed by atoms with Crippen LogP contribution in [-0.2, 0) is 11.2 Å². The van der Waals surface area contributed by atoms with Crippen molar-refractivity contribution in [1.29, 1.82) is 0 Å². The van der Waals surface area contributed by atoms with Crippen LogP contribution < -0.4 is 5.56 Å². The number of carbonyl (C=O) groups excluding carboxylic acids is 2. The molecule has 30 heavy (non-hydrogen) atoms. The minimum Gasteiger partial charge on any atom is -0.339 e. The molecule has 4 rings (SSSR count). The molecule has 8 heteroatoms. The Morgan fingerprint density at radius 2 is 1.70 bits per heavy atom. The molecule has 1 fully saturated rings. The van der Waals surface area contributed by atoms with Crippen molar-refractivity contribution < 1.29 is 14.0 Å². The Kier molecular flexibility index (Phi) is 5.55. The SMILES string of the molecule is O=C(Cc1cc2ccccc2[nH]c1=O)N1CCN(C(=O)c2cc(Cl)ccc2F)CC1. The molecule has 1 aliphatic heterocycles. The summed E-state index contributed by atoms with van der Waals surface area (Å²) in [5.41, 5.74) is 0.759. The van der Waals surface area contributed by atoms with Crippen molar-refractivity contribution >= 4 is 34.3 Å². The predicted molar refractivity (Wildman–Crippen MR) is 112 cm³/mol. The Morgan fingerprint density at radius 1 is 1.00 bits per heavy atom. The van der Waals surface area contributed by atoms with E-state index in [1.165, 1.54) is 17.0 Å². The van der Waals surface area contributed by atoms with Crippen LogP contribution in [0.25, 0.3) is 10.9 Å². The summed E-state index contributed by atoms with van der Waals surface area (Å²) in [6.07, 6.45) is -0.0168. The molecule has 0 spiro atoms. The van der Waals surface area contributed by atoms with Gasteiger partial charge in [0, 0.05) is 42.3 Å². The lowest BCUT2D eigenvalue weighted by atomic mass is 10.1. The van der Waals surface area contributed by atoms with Crippen LogP contribution in [0, 0.1) is 5.82 Å². The minimum absolute atomic E-state index is 0.0168. The third kappa shape index (κ3) is 4.07. The molecule has 0 radical (unpaired) electrons. The molecule has 1 N–H and O–H groups in total. The molecule has 0 unspecified atom stereocenters. The van der Waals surface area contributed by atoms with Crippen molar-refractivity contribution in [2.24, 2.45) is 0 Å². The van der Waals surface area contributed by atoms with Crippen molar-refractivity contribution in [2.45, 2.75) is 6.42 Å². The number of fused-ring (bicyclic) bond motifs is 1. The summed E-state index contributed by atoms with van der Waals surface area (Å²) in [7, 11) is 0. The Hall–Kier alpha value is -3.19. The molecule has 1 saturated heterocycles. The Labute approximate surface area is 176 Å². The molecule has 1 aromatic heterocycles. The number of pyridine rings is 1. The van der Waals surface area contributed by atoms with Gasteiger partial charge in [0.15, 0.2) is 0 Å². The monoisotopic (exact) mass is 427 g/mol. The van der Waals surface area contributed by atoms with Crippen LogP contribution in [0.3, 0.4) is 0 Å². The van der Waals surface area contributed by atoms with E-state index in [9.17, 15) is 18.8 Å². The standard InChI is InChI=1S/C22H19ClFN3O3/c23-16-5-6-18(24)17(13-16)22(30)27-9-7-26(8-10-27)20(28)12-15-11-14-3-1-2-4-19(14)25-21(15)29/h1-6,11,13H,7-10,12H2,(H,25,29). The molecule has 0 atom stereocenters. The van der Waals surface area contributed by atoms with Gasteiger partial charge in [-0.05, 0) is 35.7 Å². The number of rotatable bonds is 3. The number of nitrogens with zero attached hydrogens (tertiary/aromatic N) is 2. The number of aromatic amines is 1. The van der Waals surface area contributed by atoms with Crippen LogP contribution >= 0.6 is 11.6 Å². The van der Waals surface area contributed by atoms with Gasteiger partial charge in [0.1, 0.15) is 5.82 Å². The van der Waals surface area contributed by atoms with Crippen LogP contribution in [0.2, 0.25) is 5.02 Å². The van der Waals surface area contributed by atoms with Gasteiger partial charge in [-0.25, -0.2) is 4.39 Å². The molecule has 2 amide bonds. The first kappa shape index (κ1) is 20.1. The fourth-order valence-corrected chi connectivity index (χ4v) is 3.76. The summed E-state index contributed by atoms with van der Waals surface area (Å²) in [4.78, 5) is 43.5. The van der Waals surface area contributed by atoms with Crippen LogP contribution in [0.5, 0.6) is 0 Å². The van der Waals surface area contributed by atoms with E-state index in [4.69, 9.17) is 11.6 Å². The number of carbonyl (C=O) groups is 2. The summed E-state index contributed by atoms with van der Waals surface area (Å²) in [5, 5.41) is 1.15. The van der Waals surface area contributed by atoms with E-state index in [0.717, 1.165) is 17.0 Å². The van der Waals surface area contributed by atoms with Crippen LogP contribution in [-0.4, -0.2) is 52.8 Å². The molecule has 154 valence electrons. The van der Waals surface area contributed by atoms with Gasteiger partial charge in [-0.15, -0.1) is 0 Å². The smallest absolute Gasteiger partial charge is 0.257 e. The number of halogens is 2. The minimum atomic E-state index is -0.626. The maximum absolute atomic E-state index is 14.0. The Balaban J connectivity index is 1.41. The quantitative estimate of drug-likeness (QED) is 0.698. The Morgan fingerprint density at radius 3 is 2.47 bits per heavy atom. The average molecular weight is 428 g/mol. The van der Waals surface area contributed by atoms with Gasteiger partial charge in [0.25, 0.3) is 11.5 Å². The summed E-state index contributed by atoms with van der Waals surface area (Å²) < 4.78 is 14.0. The fourth-order valence-electron chi connectivity index (χ4n) is 3.59. The molecule has 2 heterocycles. The molecule has 1 aliphatic rings. The topological polar surface area (TPSA) is 73.5 Å². The summed E-state index contributed by atoms with van der Waals surface area (Å²) in [6.45, 7) is 1.20. The van der Waals surface area contributed by atoms with E-state index in [1.54, 1.807) is 17.0 Å². The molecule has 0 saturated carbocycles. The molecule has 3 aromatic rings. The number of para-hydroxylation sites is 1. The number of hydrogen-bond donors (Lipinski definition) is 1. The molecular formula is C22H19ClFN3O3. The van der Waals surface area contributed by atoms with Crippen molar-refractivity contribution in [3.63, 3.8) is 0 Å². The molecule has 0 bridgehead atoms. The zero-order chi connectivity index (χ0) is 21.3. The largest absolute Gasteiger partial charge is 0.339 e. The number of piperazine rings is 1. The lowest BCUT2D eigenvalue weighted by Gasteiger charge is -2.35. The van der Waals surface area contributed by atoms with E-state index < -0.39 is 11.7 Å². The highest BCUT2D eigenvalue weighted by atomic mass is 35.5. The van der Waals surface area contributed by atoms with Gasteiger partial charge in [0.2, 0.25) is 5.91 Å². The summed E-state index contributed by atoms with van der Waals surface area (Å²) >= 11 is 5.87. The van der Waals surface area contributed by atoms with Gasteiger partial charge in [-0.2, -0.15) is 0 Å². The van der Waals surface area contributed by atoms with Crippen molar-refractivity contribution in [3.05, 3.63) is 80.9 Å². The van der Waals surface area contributed by atoms with Gasteiger partial charge in [0.05, 0.1) is 12.0 Å². The van der Waals surface area contributed by atoms with Crippen molar-refractivity contribution in [2.75, 3.05) is 26.2 Å².